The fraction of sp³-hybridized carbons (Fsp3) is 0.529. The number of carbonyl (C=O) groups is 2. The average molecular weight is 367 g/mol. The molecule has 4 N–H and O–H groups in total. The minimum absolute atomic E-state index is 0.00958. The second-order valence-corrected chi connectivity index (χ2v) is 5.57. The van der Waals surface area contributed by atoms with Crippen LogP contribution in [0.1, 0.15) is 42.2 Å². The van der Waals surface area contributed by atoms with Crippen molar-refractivity contribution < 1.29 is 29.3 Å². The highest BCUT2D eigenvalue weighted by molar-refractivity contribution is 5.99. The van der Waals surface area contributed by atoms with Crippen molar-refractivity contribution in [3.05, 3.63) is 29.6 Å². The predicted molar refractivity (Wildman–Crippen MR) is 93.3 cm³/mol. The normalized spacial score (nSPS) is 16.2. The van der Waals surface area contributed by atoms with Gasteiger partial charge in [-0.2, -0.15) is 0 Å². The summed E-state index contributed by atoms with van der Waals surface area (Å²) in [5.74, 6) is -1.21. The predicted octanol–water partition coefficient (Wildman–Crippen LogP) is 0.806. The highest BCUT2D eigenvalue weighted by atomic mass is 16.6. The van der Waals surface area contributed by atoms with Gasteiger partial charge in [-0.05, 0) is 31.4 Å². The molecule has 1 unspecified atom stereocenters. The molecule has 144 valence electrons. The number of carboxylic acid groups (broad SMARTS) is 1. The SMILES string of the molecule is CC(=O)NCCOCC(=N)c1cc(C(=O)O)ccn1.OC1CCCCO1. The van der Waals surface area contributed by atoms with Crippen molar-refractivity contribution in [2.75, 3.05) is 26.4 Å². The van der Waals surface area contributed by atoms with Crippen LogP contribution < -0.4 is 5.32 Å². The second-order valence-electron chi connectivity index (χ2n) is 5.57. The number of ether oxygens (including phenoxy) is 2. The number of aromatic carboxylic acids is 1. The molecule has 1 saturated heterocycles. The van der Waals surface area contributed by atoms with Crippen molar-refractivity contribution in [1.82, 2.24) is 10.3 Å². The molecule has 1 aliphatic heterocycles. The Labute approximate surface area is 151 Å². The van der Waals surface area contributed by atoms with Crippen LogP contribution in [-0.2, 0) is 14.3 Å². The summed E-state index contributed by atoms with van der Waals surface area (Å²) in [6.45, 7) is 2.80. The Kier molecular flexibility index (Phi) is 10.1. The first kappa shape index (κ1) is 21.7. The summed E-state index contributed by atoms with van der Waals surface area (Å²) < 4.78 is 10.0. The Balaban J connectivity index is 0.000000401. The van der Waals surface area contributed by atoms with E-state index in [0.717, 1.165) is 25.9 Å². The van der Waals surface area contributed by atoms with Gasteiger partial charge in [-0.15, -0.1) is 0 Å². The van der Waals surface area contributed by atoms with Crippen LogP contribution >= 0.6 is 0 Å². The summed E-state index contributed by atoms with van der Waals surface area (Å²) in [5, 5.41) is 27.8. The van der Waals surface area contributed by atoms with Crippen molar-refractivity contribution in [3.63, 3.8) is 0 Å². The standard InChI is InChI=1S/C12H15N3O4.C5H10O2/c1-8(16)14-4-5-19-7-10(13)11-6-9(12(17)18)2-3-15-11;6-5-3-1-2-4-7-5/h2-3,6,13H,4-5,7H2,1H3,(H,14,16)(H,17,18);5-6H,1-4H2. The van der Waals surface area contributed by atoms with Crippen molar-refractivity contribution in [3.8, 4) is 0 Å². The third-order valence-electron chi connectivity index (χ3n) is 3.34. The first-order valence-electron chi connectivity index (χ1n) is 8.29. The van der Waals surface area contributed by atoms with Gasteiger partial charge in [0.05, 0.1) is 30.2 Å². The maximum atomic E-state index is 10.8. The van der Waals surface area contributed by atoms with Crippen LogP contribution in [0.3, 0.4) is 0 Å². The van der Waals surface area contributed by atoms with E-state index in [4.69, 9.17) is 25.1 Å². The fourth-order valence-corrected chi connectivity index (χ4v) is 2.00. The molecule has 0 bridgehead atoms. The molecule has 9 heteroatoms. The maximum absolute atomic E-state index is 10.8. The van der Waals surface area contributed by atoms with Crippen LogP contribution in [0, 0.1) is 5.41 Å². The molecule has 1 fully saturated rings. The van der Waals surface area contributed by atoms with Gasteiger partial charge in [-0.25, -0.2) is 4.79 Å². The van der Waals surface area contributed by atoms with Crippen LogP contribution in [0.5, 0.6) is 0 Å². The average Bonchev–Trinajstić information content (AvgIpc) is 2.62. The highest BCUT2D eigenvalue weighted by Gasteiger charge is 2.08. The summed E-state index contributed by atoms with van der Waals surface area (Å²) in [6.07, 6.45) is 3.91. The molecule has 1 amide bonds. The van der Waals surface area contributed by atoms with Gasteiger partial charge in [-0.1, -0.05) is 0 Å². The molecule has 0 spiro atoms. The van der Waals surface area contributed by atoms with E-state index < -0.39 is 12.3 Å². The number of nitrogens with zero attached hydrogens (tertiary/aromatic N) is 1. The van der Waals surface area contributed by atoms with Crippen molar-refractivity contribution >= 4 is 17.6 Å². The van der Waals surface area contributed by atoms with E-state index in [1.165, 1.54) is 25.3 Å². The Morgan fingerprint density at radius 2 is 2.23 bits per heavy atom. The Bertz CT molecular complexity index is 602. The van der Waals surface area contributed by atoms with Gasteiger partial charge in [0.1, 0.15) is 0 Å². The van der Waals surface area contributed by atoms with Crippen LogP contribution in [0.2, 0.25) is 0 Å². The quantitative estimate of drug-likeness (QED) is 0.412. The summed E-state index contributed by atoms with van der Waals surface area (Å²) >= 11 is 0. The van der Waals surface area contributed by atoms with Crippen LogP contribution in [-0.4, -0.2) is 65.4 Å². The molecule has 26 heavy (non-hydrogen) atoms. The van der Waals surface area contributed by atoms with Crippen LogP contribution in [0.25, 0.3) is 0 Å². The highest BCUT2D eigenvalue weighted by Crippen LogP contribution is 2.08. The zero-order valence-electron chi connectivity index (χ0n) is 14.7. The smallest absolute Gasteiger partial charge is 0.335 e. The van der Waals surface area contributed by atoms with E-state index in [1.807, 2.05) is 0 Å². The second kappa shape index (κ2) is 12.1. The lowest BCUT2D eigenvalue weighted by Gasteiger charge is -2.16. The summed E-state index contributed by atoms with van der Waals surface area (Å²) in [5.41, 5.74) is 0.429. The number of carbonyl (C=O) groups excluding carboxylic acids is 1. The largest absolute Gasteiger partial charge is 0.478 e. The molecule has 1 aromatic heterocycles. The van der Waals surface area contributed by atoms with Gasteiger partial charge in [0.15, 0.2) is 6.29 Å². The number of pyridine rings is 1. The number of carboxylic acids is 1. The first-order valence-corrected chi connectivity index (χ1v) is 8.29. The number of amides is 1. The Morgan fingerprint density at radius 3 is 2.77 bits per heavy atom. The minimum atomic E-state index is -1.07. The minimum Gasteiger partial charge on any atom is -0.478 e. The first-order chi connectivity index (χ1) is 12.4. The van der Waals surface area contributed by atoms with Gasteiger partial charge >= 0.3 is 5.97 Å². The number of nitrogens with one attached hydrogen (secondary N) is 2. The number of hydrogen-bond donors (Lipinski definition) is 4. The van der Waals surface area contributed by atoms with Gasteiger partial charge in [0.25, 0.3) is 0 Å². The van der Waals surface area contributed by atoms with Crippen molar-refractivity contribution in [2.45, 2.75) is 32.5 Å². The lowest BCUT2D eigenvalue weighted by atomic mass is 10.2. The van der Waals surface area contributed by atoms with E-state index in [9.17, 15) is 9.59 Å². The maximum Gasteiger partial charge on any atom is 0.335 e. The van der Waals surface area contributed by atoms with Gasteiger partial charge in [0, 0.05) is 26.3 Å². The van der Waals surface area contributed by atoms with Gasteiger partial charge in [-0.3, -0.25) is 9.78 Å². The van der Waals surface area contributed by atoms with Crippen molar-refractivity contribution in [2.24, 2.45) is 0 Å². The summed E-state index contributed by atoms with van der Waals surface area (Å²) in [7, 11) is 0. The lowest BCUT2D eigenvalue weighted by Crippen LogP contribution is -2.25. The molecule has 0 aliphatic carbocycles. The third-order valence-corrected chi connectivity index (χ3v) is 3.34. The third kappa shape index (κ3) is 9.21. The molecule has 1 aromatic rings. The Morgan fingerprint density at radius 1 is 1.46 bits per heavy atom. The van der Waals surface area contributed by atoms with E-state index in [-0.39, 0.29) is 36.1 Å². The molecule has 1 aliphatic rings. The van der Waals surface area contributed by atoms with Gasteiger partial charge < -0.3 is 30.4 Å². The fourth-order valence-electron chi connectivity index (χ4n) is 2.00. The molecular weight excluding hydrogens is 342 g/mol. The van der Waals surface area contributed by atoms with E-state index in [0.29, 0.717) is 6.54 Å². The molecular formula is C17H25N3O6. The molecule has 0 radical (unpaired) electrons. The van der Waals surface area contributed by atoms with Crippen LogP contribution in [0.15, 0.2) is 18.3 Å². The lowest BCUT2D eigenvalue weighted by molar-refractivity contribution is -0.123. The molecule has 2 heterocycles. The molecule has 0 saturated carbocycles. The molecule has 1 atom stereocenters. The molecule has 9 nitrogen and oxygen atoms in total. The monoisotopic (exact) mass is 367 g/mol. The van der Waals surface area contributed by atoms with Gasteiger partial charge in [0.2, 0.25) is 5.91 Å². The molecule has 0 aromatic carbocycles. The number of aromatic nitrogens is 1. The molecule has 2 rings (SSSR count). The zero-order valence-corrected chi connectivity index (χ0v) is 14.7. The summed E-state index contributed by atoms with van der Waals surface area (Å²) in [4.78, 5) is 25.3. The number of aliphatic hydroxyl groups is 1. The topological polar surface area (TPSA) is 142 Å². The van der Waals surface area contributed by atoms with Crippen LogP contribution in [0.4, 0.5) is 0 Å². The van der Waals surface area contributed by atoms with E-state index in [2.05, 4.69) is 10.3 Å². The Hall–Kier alpha value is -2.36. The van der Waals surface area contributed by atoms with E-state index >= 15 is 0 Å². The number of aliphatic hydroxyl groups excluding tert-OH is 1. The van der Waals surface area contributed by atoms with E-state index in [1.54, 1.807) is 0 Å². The number of hydrogen-bond acceptors (Lipinski definition) is 7. The van der Waals surface area contributed by atoms with Crippen molar-refractivity contribution in [1.29, 1.82) is 5.41 Å². The number of rotatable bonds is 7. The zero-order chi connectivity index (χ0) is 19.4. The summed E-state index contributed by atoms with van der Waals surface area (Å²) in [6, 6.07) is 2.68.